The molecule has 0 spiro atoms. The number of amides is 1. The molecule has 0 saturated heterocycles. The number of rotatable bonds is 6. The Balaban J connectivity index is 2.17. The highest BCUT2D eigenvalue weighted by Gasteiger charge is 2.25. The number of hydrogen-bond acceptors (Lipinski definition) is 3. The molecule has 7 heteroatoms. The van der Waals surface area contributed by atoms with Gasteiger partial charge in [0.15, 0.2) is 0 Å². The maximum Gasteiger partial charge on any atom is 0.240 e. The van der Waals surface area contributed by atoms with E-state index in [-0.39, 0.29) is 10.8 Å². The van der Waals surface area contributed by atoms with Gasteiger partial charge in [-0.3, -0.25) is 4.79 Å². The van der Waals surface area contributed by atoms with Gasteiger partial charge < -0.3 is 9.80 Å². The maximum atomic E-state index is 12.3. The Hall–Kier alpha value is -1.44. The quantitative estimate of drug-likeness (QED) is 0.734. The van der Waals surface area contributed by atoms with Gasteiger partial charge in [0.2, 0.25) is 15.9 Å². The Morgan fingerprint density at radius 3 is 2.73 bits per heavy atom. The van der Waals surface area contributed by atoms with E-state index in [2.05, 4.69) is 4.72 Å². The van der Waals surface area contributed by atoms with Crippen LogP contribution in [0, 0.1) is 0 Å². The van der Waals surface area contributed by atoms with Crippen molar-refractivity contribution in [3.05, 3.63) is 23.8 Å². The summed E-state index contributed by atoms with van der Waals surface area (Å²) in [6, 6.07) is 5.00. The predicted molar refractivity (Wildman–Crippen MR) is 85.7 cm³/mol. The van der Waals surface area contributed by atoms with Crippen LogP contribution in [0.15, 0.2) is 23.1 Å². The summed E-state index contributed by atoms with van der Waals surface area (Å²) in [6.07, 6.45) is 1.15. The Kier molecular flexibility index (Phi) is 5.20. The minimum absolute atomic E-state index is 0.0708. The standard InChI is InChI=1S/C15H23N3O3S/c1-4-15(19)18-9-7-12-11-13(5-6-14(12)18)22(20,21)16-8-10-17(2)3/h5-6,11,16H,4,7-10H2,1-3H3/p+1. The average molecular weight is 326 g/mol. The molecule has 0 unspecified atom stereocenters. The fourth-order valence-electron chi connectivity index (χ4n) is 2.51. The topological polar surface area (TPSA) is 70.9 Å². The molecule has 6 nitrogen and oxygen atoms in total. The number of carbonyl (C=O) groups excluding carboxylic acids is 1. The molecule has 1 amide bonds. The number of anilines is 1. The van der Waals surface area contributed by atoms with Crippen LogP contribution >= 0.6 is 0 Å². The van der Waals surface area contributed by atoms with E-state index in [0.29, 0.717) is 25.9 Å². The molecule has 0 aromatic heterocycles. The van der Waals surface area contributed by atoms with Gasteiger partial charge in [0.05, 0.1) is 32.1 Å². The minimum atomic E-state index is -3.49. The number of nitrogens with one attached hydrogen (secondary N) is 2. The van der Waals surface area contributed by atoms with Crippen molar-refractivity contribution < 1.29 is 18.1 Å². The lowest BCUT2D eigenvalue weighted by Crippen LogP contribution is -3.06. The lowest BCUT2D eigenvalue weighted by atomic mass is 10.2. The lowest BCUT2D eigenvalue weighted by molar-refractivity contribution is -0.856. The zero-order valence-corrected chi connectivity index (χ0v) is 14.2. The van der Waals surface area contributed by atoms with E-state index in [1.165, 1.54) is 4.90 Å². The van der Waals surface area contributed by atoms with Gasteiger partial charge in [-0.2, -0.15) is 0 Å². The van der Waals surface area contributed by atoms with Crippen LogP contribution in [0.5, 0.6) is 0 Å². The third-order valence-corrected chi connectivity index (χ3v) is 5.24. The molecule has 1 heterocycles. The van der Waals surface area contributed by atoms with E-state index in [9.17, 15) is 13.2 Å². The average Bonchev–Trinajstić information content (AvgIpc) is 2.88. The summed E-state index contributed by atoms with van der Waals surface area (Å²) in [5, 5.41) is 0. The lowest BCUT2D eigenvalue weighted by Gasteiger charge is -2.16. The first-order valence-corrected chi connectivity index (χ1v) is 9.05. The van der Waals surface area contributed by atoms with Gasteiger partial charge in [0.1, 0.15) is 0 Å². The number of benzene rings is 1. The molecule has 122 valence electrons. The number of carbonyl (C=O) groups is 1. The van der Waals surface area contributed by atoms with Crippen molar-refractivity contribution in [2.45, 2.75) is 24.7 Å². The van der Waals surface area contributed by atoms with E-state index >= 15 is 0 Å². The highest BCUT2D eigenvalue weighted by molar-refractivity contribution is 7.89. The normalized spacial score (nSPS) is 14.5. The molecule has 1 aromatic rings. The first kappa shape index (κ1) is 16.9. The smallest absolute Gasteiger partial charge is 0.240 e. The van der Waals surface area contributed by atoms with Gasteiger partial charge in [-0.15, -0.1) is 0 Å². The van der Waals surface area contributed by atoms with Crippen molar-refractivity contribution in [2.24, 2.45) is 0 Å². The van der Waals surface area contributed by atoms with Crippen LogP contribution in [0.2, 0.25) is 0 Å². The first-order valence-electron chi connectivity index (χ1n) is 7.57. The molecule has 0 fully saturated rings. The SMILES string of the molecule is CCC(=O)N1CCc2cc(S(=O)(=O)NCC[NH+](C)C)ccc21. The van der Waals surface area contributed by atoms with Gasteiger partial charge in [0, 0.05) is 18.7 Å². The maximum absolute atomic E-state index is 12.3. The molecule has 0 saturated carbocycles. The Morgan fingerprint density at radius 1 is 1.36 bits per heavy atom. The molecule has 0 atom stereocenters. The zero-order valence-electron chi connectivity index (χ0n) is 13.3. The molecule has 2 rings (SSSR count). The van der Waals surface area contributed by atoms with Crippen LogP contribution in [0.4, 0.5) is 5.69 Å². The number of likely N-dealkylation sites (N-methyl/N-ethyl adjacent to an activating group) is 1. The number of nitrogens with zero attached hydrogens (tertiary/aromatic N) is 1. The number of fused-ring (bicyclic) bond motifs is 1. The van der Waals surface area contributed by atoms with Gasteiger partial charge >= 0.3 is 0 Å². The zero-order chi connectivity index (χ0) is 16.3. The molecule has 0 radical (unpaired) electrons. The van der Waals surface area contributed by atoms with E-state index in [0.717, 1.165) is 17.8 Å². The first-order chi connectivity index (χ1) is 10.3. The molecule has 1 aliphatic heterocycles. The molecule has 22 heavy (non-hydrogen) atoms. The summed E-state index contributed by atoms with van der Waals surface area (Å²) in [6.45, 7) is 3.59. The van der Waals surface area contributed by atoms with Crippen LogP contribution in [-0.4, -0.2) is 48.1 Å². The van der Waals surface area contributed by atoms with Crippen LogP contribution < -0.4 is 14.5 Å². The molecule has 1 aromatic carbocycles. The highest BCUT2D eigenvalue weighted by atomic mass is 32.2. The fourth-order valence-corrected chi connectivity index (χ4v) is 3.60. The summed E-state index contributed by atoms with van der Waals surface area (Å²) < 4.78 is 27.2. The minimum Gasteiger partial charge on any atom is -0.339 e. The van der Waals surface area contributed by atoms with Crippen molar-refractivity contribution in [1.29, 1.82) is 0 Å². The van der Waals surface area contributed by atoms with Crippen molar-refractivity contribution >= 4 is 21.6 Å². The van der Waals surface area contributed by atoms with Crippen molar-refractivity contribution in [1.82, 2.24) is 4.72 Å². The molecule has 1 aliphatic rings. The number of sulfonamides is 1. The second-order valence-electron chi connectivity index (χ2n) is 5.79. The third-order valence-electron chi connectivity index (χ3n) is 3.78. The van der Waals surface area contributed by atoms with Crippen LogP contribution in [-0.2, 0) is 21.2 Å². The van der Waals surface area contributed by atoms with Crippen LogP contribution in [0.3, 0.4) is 0 Å². The predicted octanol–water partition coefficient (Wildman–Crippen LogP) is -0.591. The van der Waals surface area contributed by atoms with Crippen molar-refractivity contribution in [2.75, 3.05) is 38.6 Å². The van der Waals surface area contributed by atoms with Crippen LogP contribution in [0.25, 0.3) is 0 Å². The van der Waals surface area contributed by atoms with Gasteiger partial charge in [-0.1, -0.05) is 6.92 Å². The van der Waals surface area contributed by atoms with E-state index < -0.39 is 10.0 Å². The largest absolute Gasteiger partial charge is 0.339 e. The van der Waals surface area contributed by atoms with Gasteiger partial charge in [-0.05, 0) is 30.2 Å². The van der Waals surface area contributed by atoms with E-state index in [1.54, 1.807) is 23.1 Å². The highest BCUT2D eigenvalue weighted by Crippen LogP contribution is 2.30. The third kappa shape index (κ3) is 3.66. The molecular weight excluding hydrogens is 302 g/mol. The summed E-state index contributed by atoms with van der Waals surface area (Å²) in [5.74, 6) is 0.0708. The number of quaternary nitrogens is 1. The monoisotopic (exact) mass is 326 g/mol. The summed E-state index contributed by atoms with van der Waals surface area (Å²) in [5.41, 5.74) is 1.76. The second kappa shape index (κ2) is 6.76. The van der Waals surface area contributed by atoms with Crippen molar-refractivity contribution in [3.63, 3.8) is 0 Å². The Bertz CT molecular complexity index is 656. The summed E-state index contributed by atoms with van der Waals surface area (Å²) in [7, 11) is 0.463. The molecule has 0 bridgehead atoms. The fraction of sp³-hybridized carbons (Fsp3) is 0.533. The van der Waals surface area contributed by atoms with E-state index in [4.69, 9.17) is 0 Å². The second-order valence-corrected chi connectivity index (χ2v) is 7.56. The number of hydrogen-bond donors (Lipinski definition) is 2. The Labute approximate surface area is 132 Å². The van der Waals surface area contributed by atoms with E-state index in [1.807, 2.05) is 21.0 Å². The molecular formula is C15H24N3O3S+. The summed E-state index contributed by atoms with van der Waals surface area (Å²) >= 11 is 0. The Morgan fingerprint density at radius 2 is 2.09 bits per heavy atom. The van der Waals surface area contributed by atoms with Gasteiger partial charge in [0.25, 0.3) is 0 Å². The van der Waals surface area contributed by atoms with Crippen molar-refractivity contribution in [3.8, 4) is 0 Å². The molecule has 2 N–H and O–H groups in total. The van der Waals surface area contributed by atoms with Crippen LogP contribution in [0.1, 0.15) is 18.9 Å². The molecule has 0 aliphatic carbocycles. The van der Waals surface area contributed by atoms with Gasteiger partial charge in [-0.25, -0.2) is 13.1 Å². The summed E-state index contributed by atoms with van der Waals surface area (Å²) in [4.78, 5) is 15.0.